The Bertz CT molecular complexity index is 946. The molecule has 138 valence electrons. The van der Waals surface area contributed by atoms with Crippen LogP contribution < -0.4 is 15.4 Å². The maximum atomic E-state index is 11.8. The molecule has 0 aromatic heterocycles. The highest BCUT2D eigenvalue weighted by atomic mass is 79.9. The van der Waals surface area contributed by atoms with Gasteiger partial charge >= 0.3 is 6.03 Å². The van der Waals surface area contributed by atoms with E-state index in [1.54, 1.807) is 18.2 Å². The third-order valence-electron chi connectivity index (χ3n) is 3.55. The fraction of sp³-hybridized carbons (Fsp3) is 0.0556. The number of barbiturate groups is 1. The molecule has 1 saturated heterocycles. The molecule has 3 rings (SSSR count). The van der Waals surface area contributed by atoms with Crippen LogP contribution in [0.4, 0.5) is 4.79 Å². The summed E-state index contributed by atoms with van der Waals surface area (Å²) in [7, 11) is 0. The van der Waals surface area contributed by atoms with Gasteiger partial charge < -0.3 is 4.74 Å². The first kappa shape index (κ1) is 19.6. The lowest BCUT2D eigenvalue weighted by Crippen LogP contribution is -2.51. The van der Waals surface area contributed by atoms with Gasteiger partial charge in [0.05, 0.1) is 8.95 Å². The summed E-state index contributed by atoms with van der Waals surface area (Å²) in [6.07, 6.45) is 1.38. The molecular weight excluding hydrogens is 503 g/mol. The lowest BCUT2D eigenvalue weighted by atomic mass is 10.1. The first-order valence-electron chi connectivity index (χ1n) is 7.58. The summed E-state index contributed by atoms with van der Waals surface area (Å²) in [5.41, 5.74) is 1.31. The van der Waals surface area contributed by atoms with Crippen molar-refractivity contribution in [3.05, 3.63) is 67.1 Å². The highest BCUT2D eigenvalue weighted by Crippen LogP contribution is 2.36. The van der Waals surface area contributed by atoms with Gasteiger partial charge in [-0.1, -0.05) is 23.7 Å². The molecule has 0 spiro atoms. The van der Waals surface area contributed by atoms with Gasteiger partial charge in [0, 0.05) is 5.02 Å². The Morgan fingerprint density at radius 2 is 1.63 bits per heavy atom. The van der Waals surface area contributed by atoms with Crippen LogP contribution in [0.5, 0.6) is 5.75 Å². The van der Waals surface area contributed by atoms with Gasteiger partial charge in [-0.15, -0.1) is 0 Å². The summed E-state index contributed by atoms with van der Waals surface area (Å²) < 4.78 is 7.08. The Kier molecular flexibility index (Phi) is 5.98. The molecular formula is C18H11Br2ClN2O4. The minimum absolute atomic E-state index is 0.166. The number of carbonyl (C=O) groups excluding carboxylic acids is 3. The monoisotopic (exact) mass is 512 g/mol. The molecule has 0 bridgehead atoms. The van der Waals surface area contributed by atoms with Gasteiger partial charge in [0.15, 0.2) is 0 Å². The van der Waals surface area contributed by atoms with Crippen molar-refractivity contribution in [1.82, 2.24) is 10.6 Å². The smallest absolute Gasteiger partial charge is 0.328 e. The second-order valence-electron chi connectivity index (χ2n) is 5.53. The zero-order valence-electron chi connectivity index (χ0n) is 13.5. The van der Waals surface area contributed by atoms with Crippen molar-refractivity contribution in [2.45, 2.75) is 6.61 Å². The molecule has 6 nitrogen and oxygen atoms in total. The predicted octanol–water partition coefficient (Wildman–Crippen LogP) is 4.19. The Morgan fingerprint density at radius 1 is 1.00 bits per heavy atom. The van der Waals surface area contributed by atoms with Crippen LogP contribution in [0, 0.1) is 0 Å². The van der Waals surface area contributed by atoms with E-state index in [4.69, 9.17) is 16.3 Å². The molecule has 0 aliphatic carbocycles. The van der Waals surface area contributed by atoms with Crippen LogP contribution in [0.2, 0.25) is 5.02 Å². The molecule has 4 amide bonds. The lowest BCUT2D eigenvalue weighted by molar-refractivity contribution is -0.123. The molecule has 1 aliphatic rings. The number of ether oxygens (including phenoxy) is 1. The molecule has 0 radical (unpaired) electrons. The number of nitrogens with one attached hydrogen (secondary N) is 2. The Morgan fingerprint density at radius 3 is 2.22 bits per heavy atom. The lowest BCUT2D eigenvalue weighted by Gasteiger charge is -2.15. The molecule has 2 aromatic rings. The van der Waals surface area contributed by atoms with E-state index >= 15 is 0 Å². The third kappa shape index (κ3) is 4.77. The fourth-order valence-corrected chi connectivity index (χ4v) is 4.02. The average molecular weight is 515 g/mol. The molecule has 2 N–H and O–H groups in total. The molecule has 27 heavy (non-hydrogen) atoms. The Hall–Kier alpha value is -2.16. The second-order valence-corrected chi connectivity index (χ2v) is 7.67. The van der Waals surface area contributed by atoms with E-state index in [9.17, 15) is 14.4 Å². The van der Waals surface area contributed by atoms with Crippen LogP contribution in [-0.4, -0.2) is 17.8 Å². The standard InChI is InChI=1S/C18H11Br2ClN2O4/c19-13-6-10(5-12-16(24)22-18(26)23-17(12)25)7-14(20)15(13)27-8-9-2-1-3-11(21)4-9/h1-7H,8H2,(H2,22,23,24,25,26). The normalized spacial score (nSPS) is 13.9. The predicted molar refractivity (Wildman–Crippen MR) is 107 cm³/mol. The van der Waals surface area contributed by atoms with Crippen molar-refractivity contribution < 1.29 is 19.1 Å². The topological polar surface area (TPSA) is 84.5 Å². The summed E-state index contributed by atoms with van der Waals surface area (Å²) in [5.74, 6) is -0.945. The van der Waals surface area contributed by atoms with Gasteiger partial charge in [-0.25, -0.2) is 4.79 Å². The van der Waals surface area contributed by atoms with Gasteiger partial charge in [-0.2, -0.15) is 0 Å². The summed E-state index contributed by atoms with van der Waals surface area (Å²) in [6, 6.07) is 9.88. The maximum absolute atomic E-state index is 11.8. The summed E-state index contributed by atoms with van der Waals surface area (Å²) in [6.45, 7) is 0.311. The van der Waals surface area contributed by atoms with Crippen LogP contribution in [0.3, 0.4) is 0 Å². The van der Waals surface area contributed by atoms with Gasteiger partial charge in [-0.3, -0.25) is 20.2 Å². The molecule has 0 atom stereocenters. The van der Waals surface area contributed by atoms with Gasteiger partial charge in [-0.05, 0) is 73.3 Å². The van der Waals surface area contributed by atoms with Crippen LogP contribution in [-0.2, 0) is 16.2 Å². The Labute approximate surface area is 176 Å². The van der Waals surface area contributed by atoms with E-state index in [1.807, 2.05) is 28.8 Å². The van der Waals surface area contributed by atoms with Crippen molar-refractivity contribution in [2.24, 2.45) is 0 Å². The maximum Gasteiger partial charge on any atom is 0.328 e. The molecule has 9 heteroatoms. The van der Waals surface area contributed by atoms with Gasteiger partial charge in [0.1, 0.15) is 17.9 Å². The zero-order chi connectivity index (χ0) is 19.6. The SMILES string of the molecule is O=C1NC(=O)C(=Cc2cc(Br)c(OCc3cccc(Cl)c3)c(Br)c2)C(=O)N1. The van der Waals surface area contributed by atoms with E-state index in [1.165, 1.54) is 6.08 Å². The largest absolute Gasteiger partial charge is 0.487 e. The molecule has 0 saturated carbocycles. The molecule has 1 heterocycles. The number of halogens is 3. The van der Waals surface area contributed by atoms with Crippen molar-refractivity contribution in [3.63, 3.8) is 0 Å². The molecule has 2 aromatic carbocycles. The second kappa shape index (κ2) is 8.24. The number of benzene rings is 2. The molecule has 0 unspecified atom stereocenters. The van der Waals surface area contributed by atoms with Crippen LogP contribution >= 0.6 is 43.5 Å². The third-order valence-corrected chi connectivity index (χ3v) is 4.96. The number of urea groups is 1. The zero-order valence-corrected chi connectivity index (χ0v) is 17.4. The average Bonchev–Trinajstić information content (AvgIpc) is 2.57. The number of hydrogen-bond acceptors (Lipinski definition) is 4. The number of imide groups is 2. The van der Waals surface area contributed by atoms with Crippen molar-refractivity contribution in [1.29, 1.82) is 0 Å². The van der Waals surface area contributed by atoms with E-state index in [0.717, 1.165) is 5.56 Å². The molecule has 1 aliphatic heterocycles. The van der Waals surface area contributed by atoms with Crippen molar-refractivity contribution in [2.75, 3.05) is 0 Å². The number of rotatable bonds is 4. The molecule has 1 fully saturated rings. The van der Waals surface area contributed by atoms with E-state index in [0.29, 0.717) is 31.9 Å². The summed E-state index contributed by atoms with van der Waals surface area (Å²) >= 11 is 12.8. The van der Waals surface area contributed by atoms with Crippen LogP contribution in [0.15, 0.2) is 50.9 Å². The van der Waals surface area contributed by atoms with E-state index in [-0.39, 0.29) is 5.57 Å². The van der Waals surface area contributed by atoms with Crippen LogP contribution in [0.25, 0.3) is 6.08 Å². The first-order valence-corrected chi connectivity index (χ1v) is 9.54. The highest BCUT2D eigenvalue weighted by molar-refractivity contribution is 9.11. The van der Waals surface area contributed by atoms with Crippen molar-refractivity contribution >= 4 is 67.4 Å². The van der Waals surface area contributed by atoms with E-state index < -0.39 is 17.8 Å². The number of carbonyl (C=O) groups is 3. The quantitative estimate of drug-likeness (QED) is 0.473. The minimum Gasteiger partial charge on any atom is -0.487 e. The minimum atomic E-state index is -0.839. The summed E-state index contributed by atoms with van der Waals surface area (Å²) in [5, 5.41) is 4.68. The number of amides is 4. The van der Waals surface area contributed by atoms with Crippen molar-refractivity contribution in [3.8, 4) is 5.75 Å². The van der Waals surface area contributed by atoms with Crippen LogP contribution in [0.1, 0.15) is 11.1 Å². The first-order chi connectivity index (χ1) is 12.8. The van der Waals surface area contributed by atoms with Gasteiger partial charge in [0.2, 0.25) is 0 Å². The Balaban J connectivity index is 1.82. The fourth-order valence-electron chi connectivity index (χ4n) is 2.36. The highest BCUT2D eigenvalue weighted by Gasteiger charge is 2.27. The number of hydrogen-bond donors (Lipinski definition) is 2. The van der Waals surface area contributed by atoms with Gasteiger partial charge in [0.25, 0.3) is 11.8 Å². The van der Waals surface area contributed by atoms with E-state index in [2.05, 4.69) is 31.9 Å². The summed E-state index contributed by atoms with van der Waals surface area (Å²) in [4.78, 5) is 34.8.